The van der Waals surface area contributed by atoms with Gasteiger partial charge in [-0.2, -0.15) is 0 Å². The molecule has 0 saturated heterocycles. The van der Waals surface area contributed by atoms with E-state index in [1.165, 1.54) is 13.8 Å². The van der Waals surface area contributed by atoms with Crippen LogP contribution in [0.5, 0.6) is 0 Å². The smallest absolute Gasteiger partial charge is 0.241 e. The highest BCUT2D eigenvalue weighted by Crippen LogP contribution is 2.21. The third-order valence-corrected chi connectivity index (χ3v) is 4.10. The summed E-state index contributed by atoms with van der Waals surface area (Å²) in [5.41, 5.74) is 10.7. The second kappa shape index (κ2) is 5.54. The molecule has 5 N–H and O–H groups in total. The number of hydrogen-bond acceptors (Lipinski definition) is 4. The molecule has 1 rings (SSSR count). The van der Waals surface area contributed by atoms with Crippen LogP contribution in [0, 0.1) is 12.7 Å². The van der Waals surface area contributed by atoms with Gasteiger partial charge in [-0.1, -0.05) is 0 Å². The SMILES string of the molecule is Cc1c(N)cc(S(=O)(=O)NC(C)CC(N)=O)cc1F. The first-order valence-electron chi connectivity index (χ1n) is 5.49. The Bertz CT molecular complexity index is 578. The first-order valence-corrected chi connectivity index (χ1v) is 6.98. The highest BCUT2D eigenvalue weighted by atomic mass is 32.2. The summed E-state index contributed by atoms with van der Waals surface area (Å²) in [4.78, 5) is 10.4. The summed E-state index contributed by atoms with van der Waals surface area (Å²) in [5, 5.41) is 0. The van der Waals surface area contributed by atoms with Crippen molar-refractivity contribution in [2.75, 3.05) is 5.73 Å². The van der Waals surface area contributed by atoms with E-state index in [2.05, 4.69) is 4.72 Å². The number of benzene rings is 1. The number of carbonyl (C=O) groups excluding carboxylic acids is 1. The van der Waals surface area contributed by atoms with Gasteiger partial charge < -0.3 is 11.5 Å². The van der Waals surface area contributed by atoms with E-state index >= 15 is 0 Å². The Morgan fingerprint density at radius 3 is 2.53 bits per heavy atom. The molecule has 0 heterocycles. The number of nitrogen functional groups attached to an aromatic ring is 1. The van der Waals surface area contributed by atoms with Crippen LogP contribution in [0.3, 0.4) is 0 Å². The van der Waals surface area contributed by atoms with Crippen LogP contribution < -0.4 is 16.2 Å². The van der Waals surface area contributed by atoms with Crippen LogP contribution in [0.2, 0.25) is 0 Å². The second-order valence-electron chi connectivity index (χ2n) is 4.31. The lowest BCUT2D eigenvalue weighted by atomic mass is 10.2. The zero-order valence-electron chi connectivity index (χ0n) is 10.6. The third-order valence-electron chi connectivity index (χ3n) is 2.53. The lowest BCUT2D eigenvalue weighted by Crippen LogP contribution is -2.35. The summed E-state index contributed by atoms with van der Waals surface area (Å²) < 4.78 is 39.6. The van der Waals surface area contributed by atoms with Gasteiger partial charge >= 0.3 is 0 Å². The molecule has 0 aromatic heterocycles. The Balaban J connectivity index is 3.04. The maximum absolute atomic E-state index is 13.5. The van der Waals surface area contributed by atoms with Gasteiger partial charge in [0, 0.05) is 23.7 Å². The van der Waals surface area contributed by atoms with Crippen LogP contribution in [0.1, 0.15) is 18.9 Å². The molecule has 6 nitrogen and oxygen atoms in total. The van der Waals surface area contributed by atoms with Gasteiger partial charge in [-0.05, 0) is 26.0 Å². The first-order chi connectivity index (χ1) is 8.63. The minimum absolute atomic E-state index is 0.0444. The van der Waals surface area contributed by atoms with Crippen molar-refractivity contribution in [3.8, 4) is 0 Å². The van der Waals surface area contributed by atoms with Crippen molar-refractivity contribution >= 4 is 21.6 Å². The van der Waals surface area contributed by atoms with Crippen molar-refractivity contribution in [3.63, 3.8) is 0 Å². The normalized spacial score (nSPS) is 13.2. The van der Waals surface area contributed by atoms with Crippen molar-refractivity contribution in [3.05, 3.63) is 23.5 Å². The third kappa shape index (κ3) is 3.90. The van der Waals surface area contributed by atoms with Gasteiger partial charge in [0.25, 0.3) is 0 Å². The summed E-state index contributed by atoms with van der Waals surface area (Å²) in [6, 6.07) is 1.36. The lowest BCUT2D eigenvalue weighted by molar-refractivity contribution is -0.118. The van der Waals surface area contributed by atoms with Crippen LogP contribution in [0.25, 0.3) is 0 Å². The van der Waals surface area contributed by atoms with Crippen molar-refractivity contribution in [1.82, 2.24) is 4.72 Å². The van der Waals surface area contributed by atoms with E-state index in [0.717, 1.165) is 12.1 Å². The molecule has 0 aliphatic rings. The molecule has 106 valence electrons. The summed E-state index contributed by atoms with van der Waals surface area (Å²) in [6.45, 7) is 2.93. The molecule has 1 aromatic carbocycles. The summed E-state index contributed by atoms with van der Waals surface area (Å²) >= 11 is 0. The monoisotopic (exact) mass is 289 g/mol. The number of nitrogens with one attached hydrogen (secondary N) is 1. The maximum atomic E-state index is 13.5. The Labute approximate surface area is 111 Å². The summed E-state index contributed by atoms with van der Waals surface area (Å²) in [7, 11) is -3.94. The van der Waals surface area contributed by atoms with Crippen LogP contribution >= 0.6 is 0 Å². The van der Waals surface area contributed by atoms with Crippen molar-refractivity contribution in [1.29, 1.82) is 0 Å². The number of amides is 1. The highest BCUT2D eigenvalue weighted by molar-refractivity contribution is 7.89. The van der Waals surface area contributed by atoms with Crippen LogP contribution in [-0.2, 0) is 14.8 Å². The molecule has 0 aliphatic carbocycles. The fraction of sp³-hybridized carbons (Fsp3) is 0.364. The zero-order chi connectivity index (χ0) is 14.8. The van der Waals surface area contributed by atoms with Crippen molar-refractivity contribution < 1.29 is 17.6 Å². The number of nitrogens with two attached hydrogens (primary N) is 2. The average Bonchev–Trinajstić information content (AvgIpc) is 2.22. The molecule has 19 heavy (non-hydrogen) atoms. The van der Waals surface area contributed by atoms with Gasteiger partial charge in [0.2, 0.25) is 15.9 Å². The van der Waals surface area contributed by atoms with Gasteiger partial charge in [0.1, 0.15) is 5.82 Å². The Morgan fingerprint density at radius 2 is 2.05 bits per heavy atom. The largest absolute Gasteiger partial charge is 0.398 e. The average molecular weight is 289 g/mol. The van der Waals surface area contributed by atoms with Gasteiger partial charge in [-0.3, -0.25) is 4.79 Å². The van der Waals surface area contributed by atoms with Crippen LogP contribution in [0.15, 0.2) is 17.0 Å². The van der Waals surface area contributed by atoms with E-state index in [-0.39, 0.29) is 22.6 Å². The van der Waals surface area contributed by atoms with Gasteiger partial charge in [0.05, 0.1) is 4.90 Å². The van der Waals surface area contributed by atoms with Gasteiger partial charge in [-0.25, -0.2) is 17.5 Å². The lowest BCUT2D eigenvalue weighted by Gasteiger charge is -2.13. The molecule has 1 aromatic rings. The summed E-state index contributed by atoms with van der Waals surface area (Å²) in [5.74, 6) is -1.34. The Morgan fingerprint density at radius 1 is 1.47 bits per heavy atom. The zero-order valence-corrected chi connectivity index (χ0v) is 11.4. The topological polar surface area (TPSA) is 115 Å². The van der Waals surface area contributed by atoms with Crippen LogP contribution in [0.4, 0.5) is 10.1 Å². The number of anilines is 1. The first kappa shape index (κ1) is 15.4. The number of rotatable bonds is 5. The molecule has 1 amide bonds. The van der Waals surface area contributed by atoms with Gasteiger partial charge in [0.15, 0.2) is 0 Å². The molecule has 0 bridgehead atoms. The second-order valence-corrected chi connectivity index (χ2v) is 6.03. The minimum Gasteiger partial charge on any atom is -0.398 e. The summed E-state index contributed by atoms with van der Waals surface area (Å²) in [6.07, 6.45) is -0.150. The maximum Gasteiger partial charge on any atom is 0.241 e. The molecule has 1 unspecified atom stereocenters. The molecule has 0 saturated carbocycles. The Hall–Kier alpha value is -1.67. The molecule has 0 fully saturated rings. The fourth-order valence-corrected chi connectivity index (χ4v) is 2.80. The predicted molar refractivity (Wildman–Crippen MR) is 69.1 cm³/mol. The number of sulfonamides is 1. The molecular formula is C11H16FN3O3S. The van der Waals surface area contributed by atoms with E-state index in [9.17, 15) is 17.6 Å². The number of hydrogen-bond donors (Lipinski definition) is 3. The van der Waals surface area contributed by atoms with Crippen molar-refractivity contribution in [2.45, 2.75) is 31.2 Å². The van der Waals surface area contributed by atoms with E-state index in [0.29, 0.717) is 0 Å². The quantitative estimate of drug-likeness (QED) is 0.674. The number of primary amides is 1. The predicted octanol–water partition coefficient (Wildman–Crippen LogP) is 0.259. The molecule has 8 heteroatoms. The van der Waals surface area contributed by atoms with E-state index in [4.69, 9.17) is 11.5 Å². The number of carbonyl (C=O) groups is 1. The molecule has 0 aliphatic heterocycles. The van der Waals surface area contributed by atoms with Crippen LogP contribution in [-0.4, -0.2) is 20.4 Å². The highest BCUT2D eigenvalue weighted by Gasteiger charge is 2.20. The number of halogens is 1. The molecule has 1 atom stereocenters. The van der Waals surface area contributed by atoms with Crippen molar-refractivity contribution in [2.24, 2.45) is 5.73 Å². The van der Waals surface area contributed by atoms with E-state index in [1.807, 2.05) is 0 Å². The van der Waals surface area contributed by atoms with Gasteiger partial charge in [-0.15, -0.1) is 0 Å². The molecule has 0 spiro atoms. The molecular weight excluding hydrogens is 273 g/mol. The fourth-order valence-electron chi connectivity index (χ4n) is 1.51. The standard InChI is InChI=1S/C11H16FN3O3S/c1-6(3-11(14)16)15-19(17,18)8-4-9(12)7(2)10(13)5-8/h4-6,15H,3,13H2,1-2H3,(H2,14,16). The van der Waals surface area contributed by atoms with E-state index < -0.39 is 27.8 Å². The molecule has 0 radical (unpaired) electrons. The van der Waals surface area contributed by atoms with E-state index in [1.54, 1.807) is 0 Å². The minimum atomic E-state index is -3.94. The Kier molecular flexibility index (Phi) is 4.48.